The fraction of sp³-hybridized carbons (Fsp3) is 0.286. The van der Waals surface area contributed by atoms with Crippen LogP contribution < -0.4 is 4.74 Å². The molecule has 2 aromatic rings. The lowest BCUT2D eigenvalue weighted by Gasteiger charge is -2.11. The van der Waals surface area contributed by atoms with E-state index in [0.29, 0.717) is 11.6 Å². The van der Waals surface area contributed by atoms with Gasteiger partial charge in [-0.2, -0.15) is 0 Å². The van der Waals surface area contributed by atoms with E-state index < -0.39 is 0 Å². The van der Waals surface area contributed by atoms with Crippen LogP contribution >= 0.6 is 0 Å². The number of likely N-dealkylation sites (N-methyl/N-ethyl adjacent to an activating group) is 1. The Labute approximate surface area is 116 Å². The summed E-state index contributed by atoms with van der Waals surface area (Å²) in [5, 5.41) is 1.15. The number of methoxy groups -OCH3 is 1. The zero-order chi connectivity index (χ0) is 14.5. The van der Waals surface area contributed by atoms with Gasteiger partial charge in [0.25, 0.3) is 5.91 Å². The summed E-state index contributed by atoms with van der Waals surface area (Å²) in [6.07, 6.45) is 1.60. The Morgan fingerprint density at radius 1 is 1.30 bits per heavy atom. The molecule has 0 bridgehead atoms. The van der Waals surface area contributed by atoms with Crippen molar-refractivity contribution in [3.63, 3.8) is 0 Å². The van der Waals surface area contributed by atoms with Crippen LogP contribution in [0.4, 0.5) is 0 Å². The molecule has 0 spiro atoms. The highest BCUT2D eigenvalue weighted by atomic mass is 16.7. The Hall–Kier alpha value is -2.34. The van der Waals surface area contributed by atoms with Crippen LogP contribution in [0.25, 0.3) is 11.5 Å². The van der Waals surface area contributed by atoms with E-state index in [1.54, 1.807) is 14.2 Å². The molecule has 20 heavy (non-hydrogen) atoms. The first kappa shape index (κ1) is 14.1. The highest BCUT2D eigenvalue weighted by Crippen LogP contribution is 2.21. The number of hydroxylamine groups is 2. The molecule has 106 valence electrons. The molecule has 0 fully saturated rings. The number of nitrogens with zero attached hydrogens (tertiary/aromatic N) is 2. The number of aromatic nitrogens is 1. The summed E-state index contributed by atoms with van der Waals surface area (Å²) in [7, 11) is 4.59. The van der Waals surface area contributed by atoms with Crippen LogP contribution in [-0.2, 0) is 16.1 Å². The largest absolute Gasteiger partial charge is 0.497 e. The second-order valence-electron chi connectivity index (χ2n) is 4.12. The predicted octanol–water partition coefficient (Wildman–Crippen LogP) is 1.91. The molecule has 0 aliphatic heterocycles. The molecule has 0 unspecified atom stereocenters. The normalized spacial score (nSPS) is 10.3. The molecule has 6 heteroatoms. The smallest absolute Gasteiger partial charge is 0.251 e. The molecule has 1 amide bonds. The molecular weight excluding hydrogens is 260 g/mol. The van der Waals surface area contributed by atoms with Gasteiger partial charge in [-0.1, -0.05) is 0 Å². The Morgan fingerprint density at radius 2 is 2.00 bits per heavy atom. The minimum absolute atomic E-state index is 0.129. The number of rotatable bonds is 5. The first-order valence-electron chi connectivity index (χ1n) is 6.03. The summed E-state index contributed by atoms with van der Waals surface area (Å²) in [4.78, 5) is 20.8. The molecule has 1 heterocycles. The first-order valence-corrected chi connectivity index (χ1v) is 6.03. The number of oxazole rings is 1. The average Bonchev–Trinajstić information content (AvgIpc) is 2.94. The molecule has 1 aromatic heterocycles. The summed E-state index contributed by atoms with van der Waals surface area (Å²) in [6.45, 7) is 0. The second kappa shape index (κ2) is 6.21. The number of carbonyl (C=O) groups is 1. The molecule has 2 rings (SSSR count). The number of ether oxygens (including phenoxy) is 1. The van der Waals surface area contributed by atoms with E-state index in [1.807, 2.05) is 24.3 Å². The maximum Gasteiger partial charge on any atom is 0.251 e. The maximum atomic E-state index is 11.7. The summed E-state index contributed by atoms with van der Waals surface area (Å²) in [6, 6.07) is 7.33. The van der Waals surface area contributed by atoms with E-state index in [4.69, 9.17) is 14.0 Å². The highest BCUT2D eigenvalue weighted by molar-refractivity contribution is 5.77. The molecule has 0 N–H and O–H groups in total. The third-order valence-electron chi connectivity index (χ3n) is 2.85. The van der Waals surface area contributed by atoms with Crippen LogP contribution in [0.15, 0.2) is 34.9 Å². The van der Waals surface area contributed by atoms with Crippen LogP contribution in [0.1, 0.15) is 5.69 Å². The molecule has 0 aliphatic rings. The Kier molecular flexibility index (Phi) is 4.37. The molecule has 6 nitrogen and oxygen atoms in total. The molecule has 0 radical (unpaired) electrons. The number of amides is 1. The van der Waals surface area contributed by atoms with Gasteiger partial charge in [0.2, 0.25) is 5.89 Å². The summed E-state index contributed by atoms with van der Waals surface area (Å²) in [5.41, 5.74) is 1.38. The van der Waals surface area contributed by atoms with E-state index in [0.717, 1.165) is 16.4 Å². The van der Waals surface area contributed by atoms with E-state index in [1.165, 1.54) is 13.4 Å². The molecule has 0 atom stereocenters. The van der Waals surface area contributed by atoms with Gasteiger partial charge in [-0.3, -0.25) is 9.63 Å². The third kappa shape index (κ3) is 3.16. The summed E-state index contributed by atoms with van der Waals surface area (Å²) < 4.78 is 10.5. The third-order valence-corrected chi connectivity index (χ3v) is 2.85. The van der Waals surface area contributed by atoms with Crippen LogP contribution in [0.3, 0.4) is 0 Å². The van der Waals surface area contributed by atoms with Crippen molar-refractivity contribution in [2.24, 2.45) is 0 Å². The predicted molar refractivity (Wildman–Crippen MR) is 72.0 cm³/mol. The van der Waals surface area contributed by atoms with E-state index in [9.17, 15) is 4.79 Å². The van der Waals surface area contributed by atoms with Crippen molar-refractivity contribution in [2.75, 3.05) is 21.3 Å². The Bertz CT molecular complexity index is 577. The fourth-order valence-corrected chi connectivity index (χ4v) is 1.62. The number of carbonyl (C=O) groups excluding carboxylic acids is 1. The van der Waals surface area contributed by atoms with E-state index in [2.05, 4.69) is 4.98 Å². The van der Waals surface area contributed by atoms with Gasteiger partial charge in [0.05, 0.1) is 26.3 Å². The van der Waals surface area contributed by atoms with E-state index in [-0.39, 0.29) is 12.3 Å². The highest BCUT2D eigenvalue weighted by Gasteiger charge is 2.13. The Balaban J connectivity index is 2.10. The van der Waals surface area contributed by atoms with Gasteiger partial charge >= 0.3 is 0 Å². The topological polar surface area (TPSA) is 64.8 Å². The Morgan fingerprint density at radius 3 is 2.60 bits per heavy atom. The lowest BCUT2D eigenvalue weighted by Crippen LogP contribution is -2.27. The van der Waals surface area contributed by atoms with Crippen LogP contribution in [-0.4, -0.2) is 37.2 Å². The van der Waals surface area contributed by atoms with Gasteiger partial charge in [0.15, 0.2) is 0 Å². The lowest BCUT2D eigenvalue weighted by atomic mass is 10.2. The van der Waals surface area contributed by atoms with E-state index >= 15 is 0 Å². The average molecular weight is 276 g/mol. The quantitative estimate of drug-likeness (QED) is 0.780. The minimum Gasteiger partial charge on any atom is -0.497 e. The number of benzene rings is 1. The van der Waals surface area contributed by atoms with Crippen molar-refractivity contribution in [2.45, 2.75) is 6.42 Å². The van der Waals surface area contributed by atoms with Gasteiger partial charge in [-0.05, 0) is 24.3 Å². The van der Waals surface area contributed by atoms with Crippen molar-refractivity contribution < 1.29 is 18.8 Å². The molecule has 1 aromatic carbocycles. The fourth-order valence-electron chi connectivity index (χ4n) is 1.62. The molecule has 0 aliphatic carbocycles. The number of hydrogen-bond donors (Lipinski definition) is 0. The van der Waals surface area contributed by atoms with Gasteiger partial charge < -0.3 is 9.15 Å². The van der Waals surface area contributed by atoms with Crippen molar-refractivity contribution in [3.8, 4) is 17.2 Å². The molecular formula is C14H16N2O4. The van der Waals surface area contributed by atoms with Gasteiger partial charge in [-0.15, -0.1) is 0 Å². The zero-order valence-corrected chi connectivity index (χ0v) is 11.6. The van der Waals surface area contributed by atoms with Crippen LogP contribution in [0.2, 0.25) is 0 Å². The second-order valence-corrected chi connectivity index (χ2v) is 4.12. The van der Waals surface area contributed by atoms with Crippen molar-refractivity contribution in [1.82, 2.24) is 10.0 Å². The zero-order valence-electron chi connectivity index (χ0n) is 11.6. The van der Waals surface area contributed by atoms with Crippen LogP contribution in [0, 0.1) is 0 Å². The first-order chi connectivity index (χ1) is 9.63. The van der Waals surface area contributed by atoms with Gasteiger partial charge in [0, 0.05) is 12.6 Å². The maximum absolute atomic E-state index is 11.7. The monoisotopic (exact) mass is 276 g/mol. The van der Waals surface area contributed by atoms with Crippen molar-refractivity contribution in [1.29, 1.82) is 0 Å². The SMILES string of the molecule is COc1ccc(-c2nc(CC(=O)N(C)OC)co2)cc1. The number of hydrogen-bond acceptors (Lipinski definition) is 5. The minimum atomic E-state index is -0.193. The van der Waals surface area contributed by atoms with Gasteiger partial charge in [0.1, 0.15) is 12.0 Å². The summed E-state index contributed by atoms with van der Waals surface area (Å²) in [5.74, 6) is 1.04. The lowest BCUT2D eigenvalue weighted by molar-refractivity contribution is -0.167. The van der Waals surface area contributed by atoms with Crippen molar-refractivity contribution >= 4 is 5.91 Å². The standard InChI is InChI=1S/C14H16N2O4/c1-16(19-3)13(17)8-11-9-20-14(15-11)10-4-6-12(18-2)7-5-10/h4-7,9H,8H2,1-3H3. The van der Waals surface area contributed by atoms with Gasteiger partial charge in [-0.25, -0.2) is 10.0 Å². The van der Waals surface area contributed by atoms with Crippen LogP contribution in [0.5, 0.6) is 5.75 Å². The summed E-state index contributed by atoms with van der Waals surface area (Å²) >= 11 is 0. The molecule has 0 saturated carbocycles. The van der Waals surface area contributed by atoms with Crippen molar-refractivity contribution in [3.05, 3.63) is 36.2 Å². The molecule has 0 saturated heterocycles.